The Hall–Kier alpha value is -1.20. The Labute approximate surface area is 157 Å². The first-order valence-electron chi connectivity index (χ1n) is 10.1. The van der Waals surface area contributed by atoms with Gasteiger partial charge in [0.05, 0.1) is 19.3 Å². The van der Waals surface area contributed by atoms with Gasteiger partial charge >= 0.3 is 5.97 Å². The van der Waals surface area contributed by atoms with Gasteiger partial charge in [0.15, 0.2) is 0 Å². The molecule has 0 aliphatic heterocycles. The molecule has 1 aliphatic rings. The lowest BCUT2D eigenvalue weighted by Gasteiger charge is -2.18. The molecule has 0 amide bonds. The van der Waals surface area contributed by atoms with Gasteiger partial charge in [0, 0.05) is 24.7 Å². The molecule has 1 rings (SSSR count). The number of aliphatic hydroxyl groups excluding tert-OH is 2. The first kappa shape index (κ1) is 22.8. The van der Waals surface area contributed by atoms with Gasteiger partial charge in [0.25, 0.3) is 0 Å². The molecule has 1 aliphatic carbocycles. The number of unbranched alkanes of at least 4 members (excludes halogenated alkanes) is 5. The average Bonchev–Trinajstić information content (AvgIpc) is 2.89. The molecule has 0 unspecified atom stereocenters. The van der Waals surface area contributed by atoms with Crippen molar-refractivity contribution in [1.82, 2.24) is 0 Å². The van der Waals surface area contributed by atoms with Crippen LogP contribution in [0.25, 0.3) is 0 Å². The van der Waals surface area contributed by atoms with Gasteiger partial charge in [-0.15, -0.1) is 0 Å². The standard InChI is InChI=1S/C21H36O5/c1-3-4-7-10-16(22)13-14-18-17(19(23)15-20(18)24)11-8-5-6-9-12-21(25)26-2/h13-14,16-18,20,22,24H,3-12,15H2,1-2H3/t16-,17-,18-,20-/m1/s1. The molecule has 0 saturated heterocycles. The summed E-state index contributed by atoms with van der Waals surface area (Å²) >= 11 is 0. The molecule has 26 heavy (non-hydrogen) atoms. The highest BCUT2D eigenvalue weighted by Crippen LogP contribution is 2.34. The van der Waals surface area contributed by atoms with Crippen molar-refractivity contribution in [3.63, 3.8) is 0 Å². The number of aliphatic hydroxyl groups is 2. The van der Waals surface area contributed by atoms with E-state index in [9.17, 15) is 19.8 Å². The predicted octanol–water partition coefficient (Wildman–Crippen LogP) is 3.56. The molecule has 0 aromatic carbocycles. The molecule has 1 fully saturated rings. The van der Waals surface area contributed by atoms with Gasteiger partial charge in [-0.05, 0) is 19.3 Å². The second kappa shape index (κ2) is 13.0. The van der Waals surface area contributed by atoms with Crippen molar-refractivity contribution in [1.29, 1.82) is 0 Å². The number of carbonyl (C=O) groups excluding carboxylic acids is 2. The third-order valence-electron chi connectivity index (χ3n) is 5.27. The molecule has 1 saturated carbocycles. The maximum Gasteiger partial charge on any atom is 0.305 e. The summed E-state index contributed by atoms with van der Waals surface area (Å²) in [5.74, 6) is -0.382. The van der Waals surface area contributed by atoms with Gasteiger partial charge in [0.1, 0.15) is 5.78 Å². The number of rotatable bonds is 13. The zero-order valence-electron chi connectivity index (χ0n) is 16.4. The Morgan fingerprint density at radius 3 is 2.65 bits per heavy atom. The normalized spacial score (nSPS) is 24.3. The fourth-order valence-electron chi connectivity index (χ4n) is 3.64. The zero-order chi connectivity index (χ0) is 19.4. The SMILES string of the molecule is CCCCC[C@@H](O)C=C[C@H]1[C@H](O)CC(=O)[C@@H]1CCCCCCC(=O)OC. The smallest absolute Gasteiger partial charge is 0.305 e. The number of methoxy groups -OCH3 is 1. The highest BCUT2D eigenvalue weighted by molar-refractivity contribution is 5.84. The van der Waals surface area contributed by atoms with Gasteiger partial charge in [-0.3, -0.25) is 9.59 Å². The molecule has 5 heteroatoms. The van der Waals surface area contributed by atoms with E-state index in [2.05, 4.69) is 11.7 Å². The van der Waals surface area contributed by atoms with Crippen LogP contribution in [0.15, 0.2) is 12.2 Å². The lowest BCUT2D eigenvalue weighted by Crippen LogP contribution is -2.19. The van der Waals surface area contributed by atoms with Crippen LogP contribution in [-0.4, -0.2) is 41.3 Å². The van der Waals surface area contributed by atoms with E-state index in [1.54, 1.807) is 6.08 Å². The Bertz CT molecular complexity index is 446. The Morgan fingerprint density at radius 2 is 1.96 bits per heavy atom. The quantitative estimate of drug-likeness (QED) is 0.295. The maximum absolute atomic E-state index is 12.2. The molecular formula is C21H36O5. The second-order valence-corrected chi connectivity index (χ2v) is 7.40. The van der Waals surface area contributed by atoms with Gasteiger partial charge < -0.3 is 14.9 Å². The molecule has 0 radical (unpaired) electrons. The maximum atomic E-state index is 12.2. The number of carbonyl (C=O) groups is 2. The molecule has 0 aromatic rings. The number of Topliss-reactive ketones (excluding diaryl/α,β-unsaturated/α-hetero) is 1. The third-order valence-corrected chi connectivity index (χ3v) is 5.27. The Morgan fingerprint density at radius 1 is 1.23 bits per heavy atom. The summed E-state index contributed by atoms with van der Waals surface area (Å²) in [7, 11) is 1.40. The van der Waals surface area contributed by atoms with E-state index in [-0.39, 0.29) is 30.0 Å². The molecule has 0 bridgehead atoms. The van der Waals surface area contributed by atoms with Crippen LogP contribution in [0, 0.1) is 11.8 Å². The summed E-state index contributed by atoms with van der Waals surface area (Å²) in [6, 6.07) is 0. The molecule has 4 atom stereocenters. The summed E-state index contributed by atoms with van der Waals surface area (Å²) in [6.07, 6.45) is 11.5. The minimum Gasteiger partial charge on any atom is -0.469 e. The van der Waals surface area contributed by atoms with Gasteiger partial charge in [0.2, 0.25) is 0 Å². The number of hydrogen-bond donors (Lipinski definition) is 2. The van der Waals surface area contributed by atoms with E-state index < -0.39 is 12.2 Å². The molecule has 150 valence electrons. The third kappa shape index (κ3) is 8.45. The first-order chi connectivity index (χ1) is 12.5. The number of ether oxygens (including phenoxy) is 1. The molecule has 2 N–H and O–H groups in total. The fraction of sp³-hybridized carbons (Fsp3) is 0.810. The molecule has 0 aromatic heterocycles. The van der Waals surface area contributed by atoms with Crippen molar-refractivity contribution in [3.8, 4) is 0 Å². The van der Waals surface area contributed by atoms with E-state index in [1.807, 2.05) is 6.08 Å². The summed E-state index contributed by atoms with van der Waals surface area (Å²) < 4.78 is 4.62. The van der Waals surface area contributed by atoms with Gasteiger partial charge in [-0.1, -0.05) is 57.6 Å². The molecular weight excluding hydrogens is 332 g/mol. The lowest BCUT2D eigenvalue weighted by atomic mass is 9.88. The molecule has 5 nitrogen and oxygen atoms in total. The van der Waals surface area contributed by atoms with E-state index >= 15 is 0 Å². The summed E-state index contributed by atoms with van der Waals surface area (Å²) in [6.45, 7) is 2.13. The van der Waals surface area contributed by atoms with Crippen molar-refractivity contribution in [2.24, 2.45) is 11.8 Å². The fourth-order valence-corrected chi connectivity index (χ4v) is 3.64. The summed E-state index contributed by atoms with van der Waals surface area (Å²) in [4.78, 5) is 23.2. The van der Waals surface area contributed by atoms with Crippen molar-refractivity contribution < 1.29 is 24.5 Å². The van der Waals surface area contributed by atoms with Crippen molar-refractivity contribution >= 4 is 11.8 Å². The minimum atomic E-state index is -0.633. The van der Waals surface area contributed by atoms with Crippen molar-refractivity contribution in [2.75, 3.05) is 7.11 Å². The number of esters is 1. The van der Waals surface area contributed by atoms with E-state index in [4.69, 9.17) is 0 Å². The largest absolute Gasteiger partial charge is 0.469 e. The van der Waals surface area contributed by atoms with E-state index in [1.165, 1.54) is 7.11 Å². The minimum absolute atomic E-state index is 0.127. The highest BCUT2D eigenvalue weighted by atomic mass is 16.5. The van der Waals surface area contributed by atoms with Crippen LogP contribution in [0.3, 0.4) is 0 Å². The number of hydrogen-bond acceptors (Lipinski definition) is 5. The average molecular weight is 369 g/mol. The van der Waals surface area contributed by atoms with Gasteiger partial charge in [-0.2, -0.15) is 0 Å². The van der Waals surface area contributed by atoms with Crippen LogP contribution in [0.1, 0.15) is 77.6 Å². The monoisotopic (exact) mass is 368 g/mol. The van der Waals surface area contributed by atoms with Crippen molar-refractivity contribution in [3.05, 3.63) is 12.2 Å². The highest BCUT2D eigenvalue weighted by Gasteiger charge is 2.39. The molecule has 0 heterocycles. The van der Waals surface area contributed by atoms with Crippen LogP contribution >= 0.6 is 0 Å². The summed E-state index contributed by atoms with van der Waals surface area (Å²) in [5.41, 5.74) is 0. The van der Waals surface area contributed by atoms with Crippen molar-refractivity contribution in [2.45, 2.75) is 89.8 Å². The predicted molar refractivity (Wildman–Crippen MR) is 102 cm³/mol. The van der Waals surface area contributed by atoms with Crippen LogP contribution < -0.4 is 0 Å². The molecule has 0 spiro atoms. The van der Waals surface area contributed by atoms with Crippen LogP contribution in [0.5, 0.6) is 0 Å². The Kier molecular flexibility index (Phi) is 11.5. The van der Waals surface area contributed by atoms with E-state index in [0.717, 1.165) is 57.8 Å². The first-order valence-corrected chi connectivity index (χ1v) is 10.1. The van der Waals surface area contributed by atoms with Crippen LogP contribution in [-0.2, 0) is 14.3 Å². The number of ketones is 1. The van der Waals surface area contributed by atoms with Crippen LogP contribution in [0.2, 0.25) is 0 Å². The summed E-state index contributed by atoms with van der Waals surface area (Å²) in [5, 5.41) is 20.2. The topological polar surface area (TPSA) is 83.8 Å². The second-order valence-electron chi connectivity index (χ2n) is 7.40. The van der Waals surface area contributed by atoms with E-state index in [0.29, 0.717) is 6.42 Å². The van der Waals surface area contributed by atoms with Crippen LogP contribution in [0.4, 0.5) is 0 Å². The Balaban J connectivity index is 2.37. The lowest BCUT2D eigenvalue weighted by molar-refractivity contribution is -0.140. The van der Waals surface area contributed by atoms with Gasteiger partial charge in [-0.25, -0.2) is 0 Å². The zero-order valence-corrected chi connectivity index (χ0v) is 16.4.